The lowest BCUT2D eigenvalue weighted by atomic mass is 10.0. The Morgan fingerprint density at radius 3 is 2.30 bits per heavy atom. The molecule has 6 nitrogen and oxygen atoms in total. The first-order valence-electron chi connectivity index (χ1n) is 14.0. The van der Waals surface area contributed by atoms with Gasteiger partial charge in [0.25, 0.3) is 0 Å². The Kier molecular flexibility index (Phi) is 9.39. The molecule has 0 bridgehead atoms. The number of fused-ring (bicyclic) bond motifs is 1. The van der Waals surface area contributed by atoms with Gasteiger partial charge in [0, 0.05) is 31.5 Å². The fourth-order valence-corrected chi connectivity index (χ4v) is 4.87. The number of hydrogen-bond acceptors (Lipinski definition) is 4. The molecule has 0 aliphatic heterocycles. The van der Waals surface area contributed by atoms with E-state index >= 15 is 0 Å². The Morgan fingerprint density at radius 1 is 0.791 bits per heavy atom. The molecule has 0 spiro atoms. The summed E-state index contributed by atoms with van der Waals surface area (Å²) < 4.78 is 34.2. The second-order valence-corrected chi connectivity index (χ2v) is 10.0. The van der Waals surface area contributed by atoms with Gasteiger partial charge in [0.1, 0.15) is 17.4 Å². The number of nitrogens with zero attached hydrogens (tertiary/aromatic N) is 1. The van der Waals surface area contributed by atoms with Crippen LogP contribution < -0.4 is 20.7 Å². The third-order valence-electron chi connectivity index (χ3n) is 7.12. The second kappa shape index (κ2) is 13.7. The minimum absolute atomic E-state index is 0.132. The van der Waals surface area contributed by atoms with Crippen LogP contribution >= 0.6 is 0 Å². The first kappa shape index (κ1) is 29.4. The summed E-state index contributed by atoms with van der Waals surface area (Å²) in [5, 5.41) is 4.56. The summed E-state index contributed by atoms with van der Waals surface area (Å²) in [6.07, 6.45) is -0.296. The Hall–Kier alpha value is -5.08. The molecule has 3 N–H and O–H groups in total. The summed E-state index contributed by atoms with van der Waals surface area (Å²) in [6.45, 7) is 0.269. The van der Waals surface area contributed by atoms with Gasteiger partial charge in [-0.2, -0.15) is 0 Å². The number of anilines is 1. The fourth-order valence-electron chi connectivity index (χ4n) is 4.87. The molecule has 218 valence electrons. The normalized spacial score (nSPS) is 10.9. The summed E-state index contributed by atoms with van der Waals surface area (Å²) in [4.78, 5) is 28.1. The molecular formula is C35H31F2N3O3. The zero-order chi connectivity index (χ0) is 30.2. The van der Waals surface area contributed by atoms with E-state index in [0.717, 1.165) is 34.0 Å². The predicted molar refractivity (Wildman–Crippen MR) is 163 cm³/mol. The van der Waals surface area contributed by atoms with Crippen LogP contribution in [0.25, 0.3) is 10.8 Å². The highest BCUT2D eigenvalue weighted by Gasteiger charge is 2.22. The molecule has 0 radical (unpaired) electrons. The van der Waals surface area contributed by atoms with Crippen molar-refractivity contribution >= 4 is 28.3 Å². The maximum Gasteiger partial charge on any atom is 0.227 e. The number of carbonyl (C=O) groups is 2. The van der Waals surface area contributed by atoms with Crippen LogP contribution in [0.1, 0.15) is 29.5 Å². The van der Waals surface area contributed by atoms with Gasteiger partial charge in [0.15, 0.2) is 5.75 Å². The molecule has 0 fully saturated rings. The molecule has 0 heterocycles. The van der Waals surface area contributed by atoms with E-state index in [2.05, 4.69) is 5.32 Å². The summed E-state index contributed by atoms with van der Waals surface area (Å²) >= 11 is 0. The average molecular weight is 580 g/mol. The number of hydrogen-bond donors (Lipinski definition) is 2. The van der Waals surface area contributed by atoms with Crippen LogP contribution in [0, 0.1) is 11.6 Å². The van der Waals surface area contributed by atoms with E-state index in [4.69, 9.17) is 10.5 Å². The SMILES string of the molecule is NCc1cccc(Oc2ccccc2N(Cc2cccc3ccccc23)C(=O)CCC(=O)NCc2c(F)cccc2F)c1. The number of carbonyl (C=O) groups excluding carboxylic acids is 2. The lowest BCUT2D eigenvalue weighted by Gasteiger charge is -2.26. The highest BCUT2D eigenvalue weighted by atomic mass is 19.1. The second-order valence-electron chi connectivity index (χ2n) is 10.0. The van der Waals surface area contributed by atoms with Gasteiger partial charge in [0.2, 0.25) is 11.8 Å². The van der Waals surface area contributed by atoms with Crippen molar-refractivity contribution in [3.8, 4) is 11.5 Å². The van der Waals surface area contributed by atoms with E-state index in [1.54, 1.807) is 17.0 Å². The molecule has 0 saturated heterocycles. The van der Waals surface area contributed by atoms with E-state index in [1.165, 1.54) is 6.07 Å². The van der Waals surface area contributed by atoms with Gasteiger partial charge in [-0.1, -0.05) is 72.8 Å². The standard InChI is InChI=1S/C35H31F2N3O3/c36-30-14-7-15-31(37)29(30)22-39-34(41)18-19-35(42)40(23-26-11-6-10-25-9-1-2-13-28(25)26)32-16-3-4-17-33(32)43-27-12-5-8-24(20-27)21-38/h1-17,20H,18-19,21-23,38H2,(H,39,41). The van der Waals surface area contributed by atoms with Gasteiger partial charge >= 0.3 is 0 Å². The fraction of sp³-hybridized carbons (Fsp3) is 0.143. The van der Waals surface area contributed by atoms with Crippen molar-refractivity contribution in [2.75, 3.05) is 4.90 Å². The van der Waals surface area contributed by atoms with E-state index in [9.17, 15) is 18.4 Å². The van der Waals surface area contributed by atoms with Crippen LogP contribution in [0.4, 0.5) is 14.5 Å². The topological polar surface area (TPSA) is 84.7 Å². The number of para-hydroxylation sites is 2. The van der Waals surface area contributed by atoms with Gasteiger partial charge in [-0.3, -0.25) is 9.59 Å². The molecule has 8 heteroatoms. The number of benzene rings is 5. The predicted octanol–water partition coefficient (Wildman–Crippen LogP) is 7.00. The summed E-state index contributed by atoms with van der Waals surface area (Å²) in [5.41, 5.74) is 7.94. The molecule has 0 saturated carbocycles. The minimum Gasteiger partial charge on any atom is -0.455 e. The Labute approximate surface area is 248 Å². The third kappa shape index (κ3) is 7.23. The Balaban J connectivity index is 1.40. The number of amides is 2. The molecule has 0 aliphatic rings. The molecule has 0 atom stereocenters. The van der Waals surface area contributed by atoms with Crippen molar-refractivity contribution in [3.63, 3.8) is 0 Å². The molecular weight excluding hydrogens is 548 g/mol. The van der Waals surface area contributed by atoms with E-state index in [0.29, 0.717) is 23.7 Å². The quantitative estimate of drug-likeness (QED) is 0.177. The van der Waals surface area contributed by atoms with Crippen molar-refractivity contribution in [2.45, 2.75) is 32.5 Å². The van der Waals surface area contributed by atoms with E-state index < -0.39 is 17.5 Å². The number of ether oxygens (including phenoxy) is 1. The van der Waals surface area contributed by atoms with E-state index in [1.807, 2.05) is 78.9 Å². The van der Waals surface area contributed by atoms with Gasteiger partial charge in [-0.05, 0) is 58.3 Å². The molecule has 2 amide bonds. The molecule has 5 aromatic rings. The van der Waals surface area contributed by atoms with Crippen molar-refractivity contribution in [3.05, 3.63) is 138 Å². The van der Waals surface area contributed by atoms with Crippen molar-refractivity contribution in [1.29, 1.82) is 0 Å². The average Bonchev–Trinajstić information content (AvgIpc) is 3.03. The smallest absolute Gasteiger partial charge is 0.227 e. The van der Waals surface area contributed by atoms with Crippen LogP contribution in [0.3, 0.4) is 0 Å². The molecule has 43 heavy (non-hydrogen) atoms. The van der Waals surface area contributed by atoms with Crippen molar-refractivity contribution in [2.24, 2.45) is 5.73 Å². The molecule has 0 unspecified atom stereocenters. The maximum atomic E-state index is 14.0. The zero-order valence-corrected chi connectivity index (χ0v) is 23.4. The lowest BCUT2D eigenvalue weighted by Crippen LogP contribution is -2.32. The molecule has 5 aromatic carbocycles. The lowest BCUT2D eigenvalue weighted by molar-refractivity contribution is -0.125. The number of nitrogens with two attached hydrogens (primary N) is 1. The van der Waals surface area contributed by atoms with Gasteiger partial charge in [-0.15, -0.1) is 0 Å². The summed E-state index contributed by atoms with van der Waals surface area (Å²) in [7, 11) is 0. The van der Waals surface area contributed by atoms with Crippen LogP contribution in [-0.4, -0.2) is 11.8 Å². The molecule has 0 aromatic heterocycles. The van der Waals surface area contributed by atoms with Crippen molar-refractivity contribution < 1.29 is 23.1 Å². The first-order chi connectivity index (χ1) is 20.9. The van der Waals surface area contributed by atoms with Gasteiger partial charge in [-0.25, -0.2) is 8.78 Å². The number of halogens is 2. The summed E-state index contributed by atoms with van der Waals surface area (Å²) in [6, 6.07) is 32.0. The Morgan fingerprint density at radius 2 is 1.49 bits per heavy atom. The first-order valence-corrected chi connectivity index (χ1v) is 14.0. The van der Waals surface area contributed by atoms with Gasteiger partial charge < -0.3 is 20.7 Å². The highest BCUT2D eigenvalue weighted by Crippen LogP contribution is 2.35. The Bertz CT molecular complexity index is 1730. The molecule has 0 aliphatic carbocycles. The van der Waals surface area contributed by atoms with Crippen LogP contribution in [0.5, 0.6) is 11.5 Å². The van der Waals surface area contributed by atoms with Crippen LogP contribution in [0.15, 0.2) is 109 Å². The number of nitrogens with one attached hydrogen (secondary N) is 1. The minimum atomic E-state index is -0.744. The zero-order valence-electron chi connectivity index (χ0n) is 23.4. The number of rotatable bonds is 11. The monoisotopic (exact) mass is 579 g/mol. The van der Waals surface area contributed by atoms with Crippen LogP contribution in [0.2, 0.25) is 0 Å². The van der Waals surface area contributed by atoms with Crippen molar-refractivity contribution in [1.82, 2.24) is 5.32 Å². The van der Waals surface area contributed by atoms with Gasteiger partial charge in [0.05, 0.1) is 12.2 Å². The van der Waals surface area contributed by atoms with Crippen LogP contribution in [-0.2, 0) is 29.2 Å². The highest BCUT2D eigenvalue weighted by molar-refractivity contribution is 5.97. The van der Waals surface area contributed by atoms with E-state index in [-0.39, 0.29) is 37.4 Å². The maximum absolute atomic E-state index is 14.0. The largest absolute Gasteiger partial charge is 0.455 e. The molecule has 5 rings (SSSR count). The third-order valence-corrected chi connectivity index (χ3v) is 7.12. The summed E-state index contributed by atoms with van der Waals surface area (Å²) in [5.74, 6) is -1.26.